The number of hydrogen-bond donors (Lipinski definition) is 1. The van der Waals surface area contributed by atoms with Crippen molar-refractivity contribution in [3.63, 3.8) is 0 Å². The number of rotatable bonds is 5. The lowest BCUT2D eigenvalue weighted by molar-refractivity contribution is -0.137. The summed E-state index contributed by atoms with van der Waals surface area (Å²) in [6.45, 7) is 6.94. The minimum absolute atomic E-state index is 0.0853. The highest BCUT2D eigenvalue weighted by molar-refractivity contribution is 5.40. The number of nitrogens with zero attached hydrogens (tertiary/aromatic N) is 3. The maximum atomic E-state index is 12.9. The van der Waals surface area contributed by atoms with Crippen LogP contribution in [0.25, 0.3) is 0 Å². The predicted octanol–water partition coefficient (Wildman–Crippen LogP) is 3.60. The van der Waals surface area contributed by atoms with Gasteiger partial charge < -0.3 is 10.1 Å². The lowest BCUT2D eigenvalue weighted by atomic mass is 10.0. The van der Waals surface area contributed by atoms with Gasteiger partial charge in [0.25, 0.3) is 0 Å². The number of halogens is 3. The quantitative estimate of drug-likeness (QED) is 0.859. The number of anilines is 1. The van der Waals surface area contributed by atoms with E-state index in [1.807, 2.05) is 13.8 Å². The second-order valence-corrected chi connectivity index (χ2v) is 6.61. The Labute approximate surface area is 156 Å². The lowest BCUT2D eigenvalue weighted by Gasteiger charge is -2.35. The topological polar surface area (TPSA) is 50.3 Å². The molecule has 0 spiro atoms. The molecule has 1 atom stereocenters. The molecule has 27 heavy (non-hydrogen) atoms. The number of morpholine rings is 1. The number of benzene rings is 1. The molecule has 1 fully saturated rings. The van der Waals surface area contributed by atoms with Crippen molar-refractivity contribution in [3.8, 4) is 0 Å². The highest BCUT2D eigenvalue weighted by Gasteiger charge is 2.31. The zero-order valence-electron chi connectivity index (χ0n) is 15.4. The van der Waals surface area contributed by atoms with Gasteiger partial charge in [0.05, 0.1) is 36.2 Å². The second-order valence-electron chi connectivity index (χ2n) is 6.61. The van der Waals surface area contributed by atoms with Gasteiger partial charge in [0.15, 0.2) is 0 Å². The number of aryl methyl sites for hydroxylation is 2. The molecule has 1 saturated heterocycles. The molecule has 3 rings (SSSR count). The van der Waals surface area contributed by atoms with Crippen molar-refractivity contribution in [2.24, 2.45) is 0 Å². The number of hydrogen-bond acceptors (Lipinski definition) is 5. The zero-order chi connectivity index (χ0) is 19.4. The van der Waals surface area contributed by atoms with E-state index in [-0.39, 0.29) is 6.04 Å². The molecule has 1 aliphatic heterocycles. The van der Waals surface area contributed by atoms with E-state index in [0.717, 1.165) is 42.2 Å². The summed E-state index contributed by atoms with van der Waals surface area (Å²) < 4.78 is 44.0. The van der Waals surface area contributed by atoms with Crippen LogP contribution in [0.1, 0.15) is 28.6 Å². The number of ether oxygens (including phenoxy) is 1. The predicted molar refractivity (Wildman–Crippen MR) is 96.6 cm³/mol. The van der Waals surface area contributed by atoms with Crippen molar-refractivity contribution in [2.45, 2.75) is 26.1 Å². The third-order valence-corrected chi connectivity index (χ3v) is 4.65. The van der Waals surface area contributed by atoms with Crippen LogP contribution < -0.4 is 5.32 Å². The van der Waals surface area contributed by atoms with Crippen LogP contribution >= 0.6 is 0 Å². The Morgan fingerprint density at radius 2 is 1.81 bits per heavy atom. The molecule has 1 aliphatic rings. The first-order chi connectivity index (χ1) is 12.8. The molecule has 1 aromatic heterocycles. The molecule has 1 N–H and O–H groups in total. The molecule has 2 aromatic rings. The van der Waals surface area contributed by atoms with Gasteiger partial charge in [0.2, 0.25) is 0 Å². The molecule has 1 aromatic carbocycles. The summed E-state index contributed by atoms with van der Waals surface area (Å²) in [6, 6.07) is 5.30. The van der Waals surface area contributed by atoms with Gasteiger partial charge in [0.1, 0.15) is 5.82 Å². The van der Waals surface area contributed by atoms with Gasteiger partial charge in [-0.15, -0.1) is 0 Å². The minimum Gasteiger partial charge on any atom is -0.379 e. The molecule has 146 valence electrons. The molecule has 0 aliphatic carbocycles. The molecule has 0 amide bonds. The van der Waals surface area contributed by atoms with E-state index in [0.29, 0.717) is 25.6 Å². The van der Waals surface area contributed by atoms with Gasteiger partial charge in [0, 0.05) is 25.8 Å². The summed E-state index contributed by atoms with van der Waals surface area (Å²) in [6.07, 6.45) is -2.63. The fraction of sp³-hybridized carbons (Fsp3) is 0.474. The largest absolute Gasteiger partial charge is 0.416 e. The van der Waals surface area contributed by atoms with Gasteiger partial charge in [-0.2, -0.15) is 13.2 Å². The fourth-order valence-electron chi connectivity index (χ4n) is 3.14. The Kier molecular flexibility index (Phi) is 5.96. The molecule has 0 bridgehead atoms. The average molecular weight is 380 g/mol. The molecule has 0 radical (unpaired) electrons. The second kappa shape index (κ2) is 8.22. The Bertz CT molecular complexity index is 759. The van der Waals surface area contributed by atoms with Crippen molar-refractivity contribution in [1.29, 1.82) is 0 Å². The van der Waals surface area contributed by atoms with E-state index in [1.165, 1.54) is 0 Å². The van der Waals surface area contributed by atoms with Crippen LogP contribution in [-0.4, -0.2) is 47.7 Å². The SMILES string of the molecule is Cc1cnc(C)c(NCC(c2ccc(C(F)(F)F)cc2)N2CCOCC2)n1. The smallest absolute Gasteiger partial charge is 0.379 e. The third kappa shape index (κ3) is 4.95. The van der Waals surface area contributed by atoms with Crippen molar-refractivity contribution >= 4 is 5.82 Å². The summed E-state index contributed by atoms with van der Waals surface area (Å²) in [7, 11) is 0. The molecular formula is C19H23F3N4O. The minimum atomic E-state index is -4.33. The number of nitrogens with one attached hydrogen (secondary N) is 1. The van der Waals surface area contributed by atoms with Gasteiger partial charge in [-0.05, 0) is 31.5 Å². The molecule has 8 heteroatoms. The van der Waals surface area contributed by atoms with Crippen LogP contribution in [0.4, 0.5) is 19.0 Å². The number of aromatic nitrogens is 2. The summed E-state index contributed by atoms with van der Waals surface area (Å²) in [4.78, 5) is 11.0. The van der Waals surface area contributed by atoms with Crippen molar-refractivity contribution in [1.82, 2.24) is 14.9 Å². The standard InChI is InChI=1S/C19H23F3N4O/c1-13-11-23-14(2)18(25-13)24-12-17(26-7-9-27-10-8-26)15-3-5-16(6-4-15)19(20,21)22/h3-6,11,17H,7-10,12H2,1-2H3,(H,24,25). The Hall–Kier alpha value is -2.19. The van der Waals surface area contributed by atoms with Crippen LogP contribution in [0.3, 0.4) is 0 Å². The first kappa shape index (κ1) is 19.6. The van der Waals surface area contributed by atoms with Crippen LogP contribution in [0.5, 0.6) is 0 Å². The summed E-state index contributed by atoms with van der Waals surface area (Å²) in [5, 5.41) is 3.32. The van der Waals surface area contributed by atoms with Crippen LogP contribution in [0.15, 0.2) is 30.5 Å². The van der Waals surface area contributed by atoms with E-state index < -0.39 is 11.7 Å². The fourth-order valence-corrected chi connectivity index (χ4v) is 3.14. The van der Waals surface area contributed by atoms with E-state index in [9.17, 15) is 13.2 Å². The maximum absolute atomic E-state index is 12.9. The normalized spacial score (nSPS) is 16.9. The molecular weight excluding hydrogens is 357 g/mol. The van der Waals surface area contributed by atoms with Crippen molar-refractivity contribution in [2.75, 3.05) is 38.2 Å². The van der Waals surface area contributed by atoms with E-state index in [2.05, 4.69) is 20.2 Å². The monoisotopic (exact) mass is 380 g/mol. The van der Waals surface area contributed by atoms with Gasteiger partial charge in [-0.25, -0.2) is 4.98 Å². The Balaban J connectivity index is 1.81. The number of alkyl halides is 3. The summed E-state index contributed by atoms with van der Waals surface area (Å²) in [5.41, 5.74) is 1.78. The van der Waals surface area contributed by atoms with Crippen LogP contribution in [0, 0.1) is 13.8 Å². The van der Waals surface area contributed by atoms with E-state index >= 15 is 0 Å². The first-order valence-electron chi connectivity index (χ1n) is 8.87. The Morgan fingerprint density at radius 1 is 1.15 bits per heavy atom. The van der Waals surface area contributed by atoms with E-state index in [4.69, 9.17) is 4.74 Å². The molecule has 5 nitrogen and oxygen atoms in total. The maximum Gasteiger partial charge on any atom is 0.416 e. The van der Waals surface area contributed by atoms with Crippen LogP contribution in [0.2, 0.25) is 0 Å². The first-order valence-corrected chi connectivity index (χ1v) is 8.87. The summed E-state index contributed by atoms with van der Waals surface area (Å²) in [5.74, 6) is 0.695. The zero-order valence-corrected chi connectivity index (χ0v) is 15.4. The molecule has 2 heterocycles. The molecule has 0 saturated carbocycles. The highest BCUT2D eigenvalue weighted by Crippen LogP contribution is 2.31. The van der Waals surface area contributed by atoms with Gasteiger partial charge in [-0.3, -0.25) is 9.88 Å². The van der Waals surface area contributed by atoms with Gasteiger partial charge in [-0.1, -0.05) is 12.1 Å². The van der Waals surface area contributed by atoms with Crippen molar-refractivity contribution < 1.29 is 17.9 Å². The molecule has 1 unspecified atom stereocenters. The lowest BCUT2D eigenvalue weighted by Crippen LogP contribution is -2.41. The third-order valence-electron chi connectivity index (χ3n) is 4.65. The average Bonchev–Trinajstić information content (AvgIpc) is 2.65. The van der Waals surface area contributed by atoms with Gasteiger partial charge >= 0.3 is 6.18 Å². The highest BCUT2D eigenvalue weighted by atomic mass is 19.4. The Morgan fingerprint density at radius 3 is 2.44 bits per heavy atom. The van der Waals surface area contributed by atoms with Crippen molar-refractivity contribution in [3.05, 3.63) is 53.0 Å². The summed E-state index contributed by atoms with van der Waals surface area (Å²) >= 11 is 0. The van der Waals surface area contributed by atoms with Crippen LogP contribution in [-0.2, 0) is 10.9 Å². The van der Waals surface area contributed by atoms with E-state index in [1.54, 1.807) is 18.3 Å².